The van der Waals surface area contributed by atoms with E-state index in [1.807, 2.05) is 11.7 Å². The number of fused-ring (bicyclic) bond motifs is 1. The molecule has 5 heteroatoms. The van der Waals surface area contributed by atoms with E-state index >= 15 is 0 Å². The molecule has 1 aliphatic heterocycles. The number of hydrogen-bond donors (Lipinski definition) is 2. The first kappa shape index (κ1) is 11.6. The summed E-state index contributed by atoms with van der Waals surface area (Å²) in [7, 11) is 2.04. The van der Waals surface area contributed by atoms with Crippen LogP contribution in [-0.4, -0.2) is 28.3 Å². The van der Waals surface area contributed by atoms with Crippen LogP contribution in [0.1, 0.15) is 36.7 Å². The molecule has 0 saturated heterocycles. The highest BCUT2D eigenvalue weighted by molar-refractivity contribution is 5.81. The van der Waals surface area contributed by atoms with Crippen molar-refractivity contribution in [2.45, 2.75) is 45.2 Å². The molecule has 1 aliphatic carbocycles. The van der Waals surface area contributed by atoms with Crippen molar-refractivity contribution in [1.82, 2.24) is 20.4 Å². The summed E-state index contributed by atoms with van der Waals surface area (Å²) in [6, 6.07) is 0.452. The highest BCUT2D eigenvalue weighted by Gasteiger charge is 2.20. The Bertz CT molecular complexity index is 474. The molecule has 1 aromatic rings. The van der Waals surface area contributed by atoms with Crippen molar-refractivity contribution < 1.29 is 0 Å². The minimum absolute atomic E-state index is 0.452. The number of rotatable bonds is 2. The Morgan fingerprint density at radius 2 is 2.22 bits per heavy atom. The molecule has 18 heavy (non-hydrogen) atoms. The third-order valence-corrected chi connectivity index (χ3v) is 3.78. The van der Waals surface area contributed by atoms with Crippen LogP contribution in [0.2, 0.25) is 0 Å². The van der Waals surface area contributed by atoms with Gasteiger partial charge in [-0.3, -0.25) is 9.67 Å². The van der Waals surface area contributed by atoms with Crippen LogP contribution in [0.3, 0.4) is 0 Å². The molecule has 2 N–H and O–H groups in total. The molecular weight excluding hydrogens is 226 g/mol. The maximum absolute atomic E-state index is 4.63. The van der Waals surface area contributed by atoms with Crippen molar-refractivity contribution in [2.75, 3.05) is 6.54 Å². The Hall–Kier alpha value is -1.52. The second kappa shape index (κ2) is 4.63. The van der Waals surface area contributed by atoms with Gasteiger partial charge in [-0.2, -0.15) is 5.10 Å². The van der Waals surface area contributed by atoms with Crippen molar-refractivity contribution in [3.63, 3.8) is 0 Å². The van der Waals surface area contributed by atoms with E-state index in [4.69, 9.17) is 0 Å². The summed E-state index contributed by atoms with van der Waals surface area (Å²) >= 11 is 0. The van der Waals surface area contributed by atoms with E-state index in [1.54, 1.807) is 0 Å². The molecule has 0 fully saturated rings. The predicted octanol–water partition coefficient (Wildman–Crippen LogP) is 0.736. The normalized spacial score (nSPS) is 22.3. The number of aryl methyl sites for hydroxylation is 2. The first-order valence-electron chi connectivity index (χ1n) is 6.82. The molecule has 0 amide bonds. The van der Waals surface area contributed by atoms with Crippen molar-refractivity contribution >= 4 is 5.96 Å². The summed E-state index contributed by atoms with van der Waals surface area (Å²) in [5.41, 5.74) is 4.08. The van der Waals surface area contributed by atoms with Gasteiger partial charge in [-0.25, -0.2) is 0 Å². The van der Waals surface area contributed by atoms with E-state index < -0.39 is 0 Å². The van der Waals surface area contributed by atoms with Crippen molar-refractivity contribution in [1.29, 1.82) is 0 Å². The van der Waals surface area contributed by atoms with Gasteiger partial charge in [0, 0.05) is 13.1 Å². The average molecular weight is 247 g/mol. The van der Waals surface area contributed by atoms with Gasteiger partial charge in [0.25, 0.3) is 0 Å². The van der Waals surface area contributed by atoms with Gasteiger partial charge in [0.1, 0.15) is 0 Å². The van der Waals surface area contributed by atoms with Crippen molar-refractivity contribution in [3.05, 3.63) is 17.0 Å². The third-order valence-electron chi connectivity index (χ3n) is 3.78. The largest absolute Gasteiger partial charge is 0.352 e. The van der Waals surface area contributed by atoms with Crippen LogP contribution in [-0.2, 0) is 26.4 Å². The molecule has 1 aromatic heterocycles. The number of aromatic nitrogens is 2. The number of guanidine groups is 1. The van der Waals surface area contributed by atoms with Crippen molar-refractivity contribution in [2.24, 2.45) is 12.0 Å². The fourth-order valence-corrected chi connectivity index (χ4v) is 2.80. The fraction of sp³-hybridized carbons (Fsp3) is 0.692. The minimum atomic E-state index is 0.452. The van der Waals surface area contributed by atoms with Gasteiger partial charge in [0.05, 0.1) is 24.5 Å². The van der Waals surface area contributed by atoms with Crippen LogP contribution in [0, 0.1) is 0 Å². The van der Waals surface area contributed by atoms with Crippen LogP contribution >= 0.6 is 0 Å². The number of hydrogen-bond acceptors (Lipinski definition) is 4. The number of aliphatic imine (C=N–C) groups is 1. The van der Waals surface area contributed by atoms with E-state index in [0.29, 0.717) is 6.04 Å². The molecule has 1 atom stereocenters. The average Bonchev–Trinajstić information content (AvgIpc) is 2.90. The highest BCUT2D eigenvalue weighted by Crippen LogP contribution is 2.23. The molecule has 0 spiro atoms. The lowest BCUT2D eigenvalue weighted by molar-refractivity contribution is 0.662. The summed E-state index contributed by atoms with van der Waals surface area (Å²) < 4.78 is 2.03. The van der Waals surface area contributed by atoms with Crippen LogP contribution in [0.4, 0.5) is 0 Å². The zero-order chi connectivity index (χ0) is 12.5. The number of nitrogens with one attached hydrogen (secondary N) is 2. The summed E-state index contributed by atoms with van der Waals surface area (Å²) in [6.45, 7) is 3.83. The standard InChI is InChI=1S/C13H21N5/c1-9-7-14-13(16-9)15-8-12-10-5-3-4-6-11(10)17-18(12)2/h9H,3-8H2,1-2H3,(H2,14,15,16). The molecule has 0 aromatic carbocycles. The monoisotopic (exact) mass is 247 g/mol. The van der Waals surface area contributed by atoms with Gasteiger partial charge in [-0.1, -0.05) is 0 Å². The maximum atomic E-state index is 4.63. The lowest BCUT2D eigenvalue weighted by Gasteiger charge is -2.13. The maximum Gasteiger partial charge on any atom is 0.191 e. The number of nitrogens with zero attached hydrogens (tertiary/aromatic N) is 3. The lowest BCUT2D eigenvalue weighted by atomic mass is 9.96. The molecule has 2 aliphatic rings. The van der Waals surface area contributed by atoms with E-state index in [0.717, 1.165) is 25.5 Å². The SMILES string of the molecule is CC1CN=C(NCc2c3c(nn2C)CCCC3)N1. The molecule has 0 saturated carbocycles. The second-order valence-electron chi connectivity index (χ2n) is 5.29. The summed E-state index contributed by atoms with van der Waals surface area (Å²) in [5.74, 6) is 0.924. The van der Waals surface area contributed by atoms with E-state index in [1.165, 1.54) is 36.2 Å². The highest BCUT2D eigenvalue weighted by atomic mass is 15.3. The van der Waals surface area contributed by atoms with E-state index in [-0.39, 0.29) is 0 Å². The Labute approximate surface area is 108 Å². The Morgan fingerprint density at radius 3 is 3.00 bits per heavy atom. The molecule has 2 heterocycles. The molecule has 5 nitrogen and oxygen atoms in total. The van der Waals surface area contributed by atoms with Crippen LogP contribution in [0.5, 0.6) is 0 Å². The molecule has 3 rings (SSSR count). The fourth-order valence-electron chi connectivity index (χ4n) is 2.80. The molecule has 98 valence electrons. The van der Waals surface area contributed by atoms with Crippen molar-refractivity contribution in [3.8, 4) is 0 Å². The van der Waals surface area contributed by atoms with Crippen LogP contribution in [0.15, 0.2) is 4.99 Å². The van der Waals surface area contributed by atoms with Crippen LogP contribution in [0.25, 0.3) is 0 Å². The Balaban J connectivity index is 1.71. The predicted molar refractivity (Wildman–Crippen MR) is 71.6 cm³/mol. The third kappa shape index (κ3) is 2.09. The van der Waals surface area contributed by atoms with Gasteiger partial charge in [0.2, 0.25) is 0 Å². The smallest absolute Gasteiger partial charge is 0.191 e. The topological polar surface area (TPSA) is 54.2 Å². The van der Waals surface area contributed by atoms with Gasteiger partial charge < -0.3 is 10.6 Å². The quantitative estimate of drug-likeness (QED) is 0.810. The van der Waals surface area contributed by atoms with E-state index in [9.17, 15) is 0 Å². The van der Waals surface area contributed by atoms with Crippen LogP contribution < -0.4 is 10.6 Å². The van der Waals surface area contributed by atoms with Gasteiger partial charge in [0.15, 0.2) is 5.96 Å². The summed E-state index contributed by atoms with van der Waals surface area (Å²) in [5, 5.41) is 11.3. The molecule has 1 unspecified atom stereocenters. The molecular formula is C13H21N5. The van der Waals surface area contributed by atoms with Gasteiger partial charge >= 0.3 is 0 Å². The van der Waals surface area contributed by atoms with Gasteiger partial charge in [-0.05, 0) is 38.2 Å². The Morgan fingerprint density at radius 1 is 1.39 bits per heavy atom. The van der Waals surface area contributed by atoms with Gasteiger partial charge in [-0.15, -0.1) is 0 Å². The zero-order valence-corrected chi connectivity index (χ0v) is 11.2. The Kier molecular flexibility index (Phi) is 2.97. The minimum Gasteiger partial charge on any atom is -0.352 e. The molecule has 0 radical (unpaired) electrons. The second-order valence-corrected chi connectivity index (χ2v) is 5.29. The lowest BCUT2D eigenvalue weighted by Crippen LogP contribution is -2.37. The summed E-state index contributed by atoms with van der Waals surface area (Å²) in [4.78, 5) is 4.42. The summed E-state index contributed by atoms with van der Waals surface area (Å²) in [6.07, 6.45) is 4.89. The first-order valence-corrected chi connectivity index (χ1v) is 6.82. The first-order chi connectivity index (χ1) is 8.74. The zero-order valence-electron chi connectivity index (χ0n) is 11.2. The molecule has 0 bridgehead atoms. The van der Waals surface area contributed by atoms with E-state index in [2.05, 4.69) is 27.6 Å².